The van der Waals surface area contributed by atoms with Crippen LogP contribution in [0.15, 0.2) is 13.2 Å². The molecule has 11 heteroatoms. The quantitative estimate of drug-likeness (QED) is 0.226. The van der Waals surface area contributed by atoms with Gasteiger partial charge in [-0.1, -0.05) is 0 Å². The molecule has 0 heterocycles. The van der Waals surface area contributed by atoms with Gasteiger partial charge in [0.15, 0.2) is 0 Å². The molecule has 0 radical (unpaired) electrons. The van der Waals surface area contributed by atoms with Gasteiger partial charge in [0, 0.05) is 27.7 Å². The minimum Gasteiger partial charge on any atom is -1.00 e. The molecule has 0 aliphatic carbocycles. The van der Waals surface area contributed by atoms with Gasteiger partial charge in [-0.05, 0) is 0 Å². The Bertz CT molecular complexity index is 191. The first-order valence-corrected chi connectivity index (χ1v) is 4.21. The van der Waals surface area contributed by atoms with E-state index in [1.54, 1.807) is 0 Å². The summed E-state index contributed by atoms with van der Waals surface area (Å²) in [5.74, 6) is -3.33. The van der Waals surface area contributed by atoms with Crippen molar-refractivity contribution in [2.45, 2.75) is 27.7 Å². The number of carboxylic acids is 4. The molecule has 0 bridgehead atoms. The molecule has 0 spiro atoms. The van der Waals surface area contributed by atoms with Crippen LogP contribution in [0.5, 0.6) is 0 Å². The van der Waals surface area contributed by atoms with E-state index in [2.05, 4.69) is 13.2 Å². The van der Waals surface area contributed by atoms with Crippen LogP contribution in [0.2, 0.25) is 0 Å². The molecule has 21 heavy (non-hydrogen) atoms. The number of carboxylic acid groups (broad SMARTS) is 4. The summed E-state index contributed by atoms with van der Waals surface area (Å²) >= 11 is 0. The van der Waals surface area contributed by atoms with Gasteiger partial charge in [0.25, 0.3) is 23.9 Å². The van der Waals surface area contributed by atoms with Crippen LogP contribution in [0.25, 0.3) is 0 Å². The fraction of sp³-hybridized carbons (Fsp3) is 0.400. The third-order valence-electron chi connectivity index (χ3n) is 0. The molecule has 0 aromatic rings. The average molecular weight is 326 g/mol. The third kappa shape index (κ3) is 2380. The summed E-state index contributed by atoms with van der Waals surface area (Å²) in [7, 11) is 0. The number of hydrogen-bond donors (Lipinski definition) is 6. The maximum absolute atomic E-state index is 9.00. The Labute approximate surface area is 147 Å². The fourth-order valence-electron chi connectivity index (χ4n) is 0. The van der Waals surface area contributed by atoms with Crippen molar-refractivity contribution in [1.29, 1.82) is 0 Å². The van der Waals surface area contributed by atoms with Crippen molar-refractivity contribution in [3.63, 3.8) is 0 Å². The van der Waals surface area contributed by atoms with Crippen LogP contribution in [0, 0.1) is 0 Å². The summed E-state index contributed by atoms with van der Waals surface area (Å²) in [5.41, 5.74) is 0. The Morgan fingerprint density at radius 1 is 0.619 bits per heavy atom. The normalized spacial score (nSPS) is 4.95. The van der Waals surface area contributed by atoms with Gasteiger partial charge >= 0.3 is 29.6 Å². The van der Waals surface area contributed by atoms with Crippen LogP contribution >= 0.6 is 0 Å². The standard InChI is InChI=1S/4C2H4O2.C2H4.2H3N.Na.H/c4*1-2(3)4;1-2;;;;/h4*1H3,(H,3,4);1-2H2;2*1H3;;/q;;;;;;;+1;-1. The molecule has 0 unspecified atom stereocenters. The van der Waals surface area contributed by atoms with Gasteiger partial charge in [-0.15, -0.1) is 13.2 Å². The first kappa shape index (κ1) is 50.4. The Kier molecular flexibility index (Phi) is 123. The van der Waals surface area contributed by atoms with Gasteiger partial charge in [-0.25, -0.2) is 0 Å². The second-order valence-electron chi connectivity index (χ2n) is 2.08. The zero-order chi connectivity index (χ0) is 16.3. The minimum atomic E-state index is -0.833. The van der Waals surface area contributed by atoms with E-state index in [9.17, 15) is 0 Å². The third-order valence-corrected chi connectivity index (χ3v) is 0. The van der Waals surface area contributed by atoms with E-state index >= 15 is 0 Å². The molecule has 10 nitrogen and oxygen atoms in total. The largest absolute Gasteiger partial charge is 1.00 e. The minimum absolute atomic E-state index is 0. The molecule has 0 aromatic heterocycles. The molecule has 0 aliphatic rings. The van der Waals surface area contributed by atoms with Gasteiger partial charge in [-0.3, -0.25) is 19.2 Å². The summed E-state index contributed by atoms with van der Waals surface area (Å²) in [6.07, 6.45) is 0. The second-order valence-corrected chi connectivity index (χ2v) is 2.08. The second kappa shape index (κ2) is 51.3. The van der Waals surface area contributed by atoms with Crippen molar-refractivity contribution in [3.8, 4) is 0 Å². The van der Waals surface area contributed by atoms with E-state index in [1.807, 2.05) is 0 Å². The van der Waals surface area contributed by atoms with Crippen molar-refractivity contribution in [3.05, 3.63) is 13.2 Å². The molecule has 0 saturated carbocycles. The Morgan fingerprint density at radius 2 is 0.619 bits per heavy atom. The summed E-state index contributed by atoms with van der Waals surface area (Å²) in [5, 5.41) is 29.7. The van der Waals surface area contributed by atoms with E-state index in [4.69, 9.17) is 39.6 Å². The van der Waals surface area contributed by atoms with Gasteiger partial charge in [0.05, 0.1) is 0 Å². The number of hydrogen-bond acceptors (Lipinski definition) is 6. The van der Waals surface area contributed by atoms with E-state index in [0.29, 0.717) is 0 Å². The number of aliphatic carboxylic acids is 4. The molecule has 10 N–H and O–H groups in total. The Hall–Kier alpha value is -1.46. The maximum atomic E-state index is 9.00. The maximum Gasteiger partial charge on any atom is 1.00 e. The summed E-state index contributed by atoms with van der Waals surface area (Å²) < 4.78 is 0. The van der Waals surface area contributed by atoms with E-state index < -0.39 is 23.9 Å². The van der Waals surface area contributed by atoms with Crippen LogP contribution in [-0.2, 0) is 19.2 Å². The van der Waals surface area contributed by atoms with E-state index in [0.717, 1.165) is 27.7 Å². The van der Waals surface area contributed by atoms with E-state index in [-0.39, 0.29) is 43.3 Å². The van der Waals surface area contributed by atoms with Gasteiger partial charge < -0.3 is 34.2 Å². The summed E-state index contributed by atoms with van der Waals surface area (Å²) in [6.45, 7) is 10.3. The molecule has 0 rings (SSSR count). The van der Waals surface area contributed by atoms with Gasteiger partial charge in [0.2, 0.25) is 0 Å². The van der Waals surface area contributed by atoms with Crippen LogP contribution in [0.1, 0.15) is 29.1 Å². The fourth-order valence-corrected chi connectivity index (χ4v) is 0. The SMILES string of the molecule is C=C.CC(=O)O.CC(=O)O.CC(=O)O.CC(=O)O.N.N.[H-].[Na+]. The average Bonchev–Trinajstić information content (AvgIpc) is 2.01. The number of carbonyl (C=O) groups is 4. The van der Waals surface area contributed by atoms with Crippen molar-refractivity contribution < 1.29 is 70.6 Å². The molecule has 0 amide bonds. The summed E-state index contributed by atoms with van der Waals surface area (Å²) in [6, 6.07) is 0. The van der Waals surface area contributed by atoms with Crippen molar-refractivity contribution >= 4 is 23.9 Å². The topological polar surface area (TPSA) is 219 Å². The van der Waals surface area contributed by atoms with Crippen molar-refractivity contribution in [2.24, 2.45) is 0 Å². The van der Waals surface area contributed by atoms with Crippen molar-refractivity contribution in [1.82, 2.24) is 12.3 Å². The van der Waals surface area contributed by atoms with Crippen molar-refractivity contribution in [2.75, 3.05) is 0 Å². The zero-order valence-electron chi connectivity index (χ0n) is 14.3. The summed E-state index contributed by atoms with van der Waals surface area (Å²) in [4.78, 5) is 36.0. The molecule has 126 valence electrons. The Morgan fingerprint density at radius 3 is 0.619 bits per heavy atom. The molecule has 0 atom stereocenters. The zero-order valence-corrected chi connectivity index (χ0v) is 15.3. The van der Waals surface area contributed by atoms with Crippen LogP contribution < -0.4 is 41.9 Å². The predicted molar refractivity (Wildman–Crippen MR) is 75.6 cm³/mol. The molecule has 0 aliphatic heterocycles. The van der Waals surface area contributed by atoms with E-state index in [1.165, 1.54) is 0 Å². The Balaban J connectivity index is -0.0000000133. The molecular formula is C10H27N2NaO8. The van der Waals surface area contributed by atoms with Crippen LogP contribution in [-0.4, -0.2) is 44.3 Å². The first-order chi connectivity index (χ1) is 7.93. The monoisotopic (exact) mass is 326 g/mol. The molecule has 0 fully saturated rings. The predicted octanol–water partition coefficient (Wildman–Crippen LogP) is -1.39. The molecular weight excluding hydrogens is 299 g/mol. The number of rotatable bonds is 0. The first-order valence-electron chi connectivity index (χ1n) is 4.21. The van der Waals surface area contributed by atoms with Gasteiger partial charge in [-0.2, -0.15) is 0 Å². The van der Waals surface area contributed by atoms with Crippen LogP contribution in [0.3, 0.4) is 0 Å². The molecule has 0 aromatic carbocycles. The van der Waals surface area contributed by atoms with Gasteiger partial charge in [0.1, 0.15) is 0 Å². The molecule has 0 saturated heterocycles. The smallest absolute Gasteiger partial charge is 1.00 e. The van der Waals surface area contributed by atoms with Crippen LogP contribution in [0.4, 0.5) is 0 Å².